The van der Waals surface area contributed by atoms with Crippen molar-refractivity contribution in [2.75, 3.05) is 11.9 Å². The molecular formula is C19H20ClNO4. The average molecular weight is 362 g/mol. The van der Waals surface area contributed by atoms with Crippen LogP contribution in [0.3, 0.4) is 0 Å². The van der Waals surface area contributed by atoms with Crippen LogP contribution in [-0.4, -0.2) is 23.6 Å². The van der Waals surface area contributed by atoms with Gasteiger partial charge < -0.3 is 15.2 Å². The number of carboxylic acid groups (broad SMARTS) is 1. The van der Waals surface area contributed by atoms with Crippen molar-refractivity contribution < 1.29 is 19.4 Å². The summed E-state index contributed by atoms with van der Waals surface area (Å²) in [6.45, 7) is 6.14. The number of benzene rings is 2. The molecule has 0 aliphatic rings. The van der Waals surface area contributed by atoms with Crippen LogP contribution in [0.5, 0.6) is 5.75 Å². The number of carboxylic acids is 1. The molecule has 2 aromatic rings. The smallest absolute Gasteiger partial charge is 0.335 e. The number of carbonyl (C=O) groups is 2. The predicted molar refractivity (Wildman–Crippen MR) is 97.7 cm³/mol. The molecule has 0 fully saturated rings. The Kier molecular flexibility index (Phi) is 5.69. The SMILES string of the molecule is CC(C)(C)c1ccc(OCC(=O)Nc2cc(C(=O)O)ccc2Cl)cc1. The van der Waals surface area contributed by atoms with Gasteiger partial charge in [0.05, 0.1) is 16.3 Å². The summed E-state index contributed by atoms with van der Waals surface area (Å²) in [7, 11) is 0. The van der Waals surface area contributed by atoms with E-state index in [4.69, 9.17) is 21.4 Å². The summed E-state index contributed by atoms with van der Waals surface area (Å²) < 4.78 is 5.45. The first kappa shape index (κ1) is 18.8. The standard InChI is InChI=1S/C19H20ClNO4/c1-19(2,3)13-5-7-14(8-6-13)25-11-17(22)21-16-10-12(18(23)24)4-9-15(16)20/h4-10H,11H2,1-3H3,(H,21,22)(H,23,24). The number of amides is 1. The lowest BCUT2D eigenvalue weighted by Gasteiger charge is -2.19. The van der Waals surface area contributed by atoms with Gasteiger partial charge in [-0.25, -0.2) is 4.79 Å². The highest BCUT2D eigenvalue weighted by Gasteiger charge is 2.14. The number of nitrogens with one attached hydrogen (secondary N) is 1. The lowest BCUT2D eigenvalue weighted by molar-refractivity contribution is -0.118. The fraction of sp³-hybridized carbons (Fsp3) is 0.263. The first-order chi connectivity index (χ1) is 11.7. The van der Waals surface area contributed by atoms with Gasteiger partial charge in [0.15, 0.2) is 6.61 Å². The highest BCUT2D eigenvalue weighted by atomic mass is 35.5. The van der Waals surface area contributed by atoms with Gasteiger partial charge in [-0.1, -0.05) is 44.5 Å². The summed E-state index contributed by atoms with van der Waals surface area (Å²) in [5, 5.41) is 11.8. The Bertz CT molecular complexity index is 779. The van der Waals surface area contributed by atoms with Gasteiger partial charge in [0.2, 0.25) is 0 Å². The molecule has 2 N–H and O–H groups in total. The zero-order valence-electron chi connectivity index (χ0n) is 14.3. The lowest BCUT2D eigenvalue weighted by Crippen LogP contribution is -2.20. The Morgan fingerprint density at radius 3 is 2.32 bits per heavy atom. The second-order valence-electron chi connectivity index (χ2n) is 6.61. The average Bonchev–Trinajstić information content (AvgIpc) is 2.54. The summed E-state index contributed by atoms with van der Waals surface area (Å²) in [5.74, 6) is -0.944. The van der Waals surface area contributed by atoms with Gasteiger partial charge in [-0.05, 0) is 41.3 Å². The molecule has 1 amide bonds. The number of hydrogen-bond donors (Lipinski definition) is 2. The Labute approximate surface area is 151 Å². The van der Waals surface area contributed by atoms with Crippen LogP contribution in [0.15, 0.2) is 42.5 Å². The zero-order valence-corrected chi connectivity index (χ0v) is 15.1. The predicted octanol–water partition coefficient (Wildman–Crippen LogP) is 4.35. The van der Waals surface area contributed by atoms with Gasteiger partial charge in [-0.2, -0.15) is 0 Å². The van der Waals surface area contributed by atoms with Crippen molar-refractivity contribution in [3.05, 3.63) is 58.6 Å². The molecule has 0 saturated carbocycles. The highest BCUT2D eigenvalue weighted by molar-refractivity contribution is 6.33. The zero-order chi connectivity index (χ0) is 18.6. The summed E-state index contributed by atoms with van der Waals surface area (Å²) in [5.41, 5.74) is 1.49. The van der Waals surface area contributed by atoms with Crippen molar-refractivity contribution in [3.63, 3.8) is 0 Å². The molecule has 0 saturated heterocycles. The Hall–Kier alpha value is -2.53. The van der Waals surface area contributed by atoms with Crippen LogP contribution in [0.25, 0.3) is 0 Å². The van der Waals surface area contributed by atoms with E-state index >= 15 is 0 Å². The Balaban J connectivity index is 1.97. The van der Waals surface area contributed by atoms with Crippen LogP contribution in [-0.2, 0) is 10.2 Å². The van der Waals surface area contributed by atoms with Crippen molar-refractivity contribution in [2.24, 2.45) is 0 Å². The third-order valence-electron chi connectivity index (χ3n) is 3.58. The number of rotatable bonds is 5. The molecule has 2 aromatic carbocycles. The largest absolute Gasteiger partial charge is 0.484 e. The number of aromatic carboxylic acids is 1. The summed E-state index contributed by atoms with van der Waals surface area (Å²) in [6, 6.07) is 11.6. The van der Waals surface area contributed by atoms with E-state index in [1.54, 1.807) is 0 Å². The van der Waals surface area contributed by atoms with Gasteiger partial charge in [0.25, 0.3) is 5.91 Å². The van der Waals surface area contributed by atoms with Crippen LogP contribution in [0.4, 0.5) is 5.69 Å². The van der Waals surface area contributed by atoms with Crippen LogP contribution in [0.2, 0.25) is 5.02 Å². The van der Waals surface area contributed by atoms with E-state index < -0.39 is 11.9 Å². The monoisotopic (exact) mass is 361 g/mol. The van der Waals surface area contributed by atoms with Crippen LogP contribution in [0, 0.1) is 0 Å². The third-order valence-corrected chi connectivity index (χ3v) is 3.91. The van der Waals surface area contributed by atoms with Crippen molar-refractivity contribution in [3.8, 4) is 5.75 Å². The molecule has 0 aromatic heterocycles. The van der Waals surface area contributed by atoms with Gasteiger partial charge in [0.1, 0.15) is 5.75 Å². The minimum absolute atomic E-state index is 0.0402. The molecule has 0 unspecified atom stereocenters. The van der Waals surface area contributed by atoms with Crippen molar-refractivity contribution >= 4 is 29.2 Å². The quantitative estimate of drug-likeness (QED) is 0.829. The number of anilines is 1. The van der Waals surface area contributed by atoms with E-state index in [0.29, 0.717) is 5.75 Å². The minimum atomic E-state index is -1.10. The number of hydrogen-bond acceptors (Lipinski definition) is 3. The second-order valence-corrected chi connectivity index (χ2v) is 7.02. The van der Waals surface area contributed by atoms with Crippen molar-refractivity contribution in [1.82, 2.24) is 0 Å². The van der Waals surface area contributed by atoms with Crippen molar-refractivity contribution in [2.45, 2.75) is 26.2 Å². The van der Waals surface area contributed by atoms with Gasteiger partial charge in [-0.15, -0.1) is 0 Å². The number of ether oxygens (including phenoxy) is 1. The van der Waals surface area contributed by atoms with E-state index in [1.165, 1.54) is 23.8 Å². The molecule has 0 spiro atoms. The first-order valence-electron chi connectivity index (χ1n) is 7.73. The molecule has 0 aliphatic carbocycles. The molecule has 132 valence electrons. The third kappa shape index (κ3) is 5.22. The molecular weight excluding hydrogens is 342 g/mol. The molecule has 0 heterocycles. The Morgan fingerprint density at radius 2 is 1.76 bits per heavy atom. The second kappa shape index (κ2) is 7.57. The topological polar surface area (TPSA) is 75.6 Å². The summed E-state index contributed by atoms with van der Waals surface area (Å²) in [4.78, 5) is 23.0. The number of halogens is 1. The molecule has 0 aliphatic heterocycles. The normalized spacial score (nSPS) is 11.0. The van der Waals surface area contributed by atoms with E-state index in [2.05, 4.69) is 26.1 Å². The highest BCUT2D eigenvalue weighted by Crippen LogP contribution is 2.25. The van der Waals surface area contributed by atoms with Gasteiger partial charge in [0, 0.05) is 0 Å². The first-order valence-corrected chi connectivity index (χ1v) is 8.10. The van der Waals surface area contributed by atoms with Crippen LogP contribution < -0.4 is 10.1 Å². The van der Waals surface area contributed by atoms with Gasteiger partial charge >= 0.3 is 5.97 Å². The van der Waals surface area contributed by atoms with Crippen LogP contribution in [0.1, 0.15) is 36.7 Å². The van der Waals surface area contributed by atoms with E-state index in [9.17, 15) is 9.59 Å². The van der Waals surface area contributed by atoms with Crippen LogP contribution >= 0.6 is 11.6 Å². The maximum absolute atomic E-state index is 12.0. The molecule has 2 rings (SSSR count). The summed E-state index contributed by atoms with van der Waals surface area (Å²) >= 11 is 5.97. The molecule has 0 bridgehead atoms. The molecule has 0 radical (unpaired) electrons. The minimum Gasteiger partial charge on any atom is -0.484 e. The fourth-order valence-electron chi connectivity index (χ4n) is 2.14. The molecule has 6 heteroatoms. The molecule has 5 nitrogen and oxygen atoms in total. The fourth-order valence-corrected chi connectivity index (χ4v) is 2.31. The number of carbonyl (C=O) groups excluding carboxylic acids is 1. The van der Waals surface area contributed by atoms with Crippen molar-refractivity contribution in [1.29, 1.82) is 0 Å². The van der Waals surface area contributed by atoms with E-state index in [1.807, 2.05) is 24.3 Å². The maximum atomic E-state index is 12.0. The molecule has 0 atom stereocenters. The Morgan fingerprint density at radius 1 is 1.12 bits per heavy atom. The van der Waals surface area contributed by atoms with Gasteiger partial charge in [-0.3, -0.25) is 4.79 Å². The summed E-state index contributed by atoms with van der Waals surface area (Å²) in [6.07, 6.45) is 0. The maximum Gasteiger partial charge on any atom is 0.335 e. The molecule has 25 heavy (non-hydrogen) atoms. The van der Waals surface area contributed by atoms with E-state index in [0.717, 1.165) is 0 Å². The van der Waals surface area contributed by atoms with E-state index in [-0.39, 0.29) is 28.3 Å². The lowest BCUT2D eigenvalue weighted by atomic mass is 9.87.